The van der Waals surface area contributed by atoms with Crippen LogP contribution in [0.4, 0.5) is 4.39 Å². The lowest BCUT2D eigenvalue weighted by Crippen LogP contribution is -2.35. The van der Waals surface area contributed by atoms with Gasteiger partial charge in [0, 0.05) is 24.8 Å². The minimum Gasteiger partial charge on any atom is -0.350 e. The number of amides is 2. The number of aryl methyl sites for hydroxylation is 1. The van der Waals surface area contributed by atoms with Crippen molar-refractivity contribution < 1.29 is 14.0 Å². The number of hydrogen-bond donors (Lipinski definition) is 2. The smallest absolute Gasteiger partial charge is 0.269 e. The molecule has 0 aliphatic heterocycles. The molecule has 114 valence electrons. The number of nitrogens with one attached hydrogen (secondary N) is 2. The maximum absolute atomic E-state index is 13.4. The van der Waals surface area contributed by atoms with E-state index in [1.165, 1.54) is 12.3 Å². The van der Waals surface area contributed by atoms with Gasteiger partial charge in [0.25, 0.3) is 11.8 Å². The predicted octanol–water partition coefficient (Wildman–Crippen LogP) is 1.69. The number of pyridine rings is 1. The van der Waals surface area contributed by atoms with Gasteiger partial charge in [0.1, 0.15) is 11.5 Å². The van der Waals surface area contributed by atoms with Crippen LogP contribution in [0.5, 0.6) is 0 Å². The Morgan fingerprint density at radius 2 is 1.82 bits per heavy atom. The lowest BCUT2D eigenvalue weighted by atomic mass is 10.1. The molecule has 2 amide bonds. The third-order valence-electron chi connectivity index (χ3n) is 3.03. The second-order valence-electron chi connectivity index (χ2n) is 4.69. The number of carbonyl (C=O) groups is 2. The van der Waals surface area contributed by atoms with Crippen LogP contribution in [-0.4, -0.2) is 29.9 Å². The summed E-state index contributed by atoms with van der Waals surface area (Å²) >= 11 is 0. The number of hydrogen-bond acceptors (Lipinski definition) is 3. The summed E-state index contributed by atoms with van der Waals surface area (Å²) in [5.41, 5.74) is 1.05. The molecule has 0 fully saturated rings. The van der Waals surface area contributed by atoms with Crippen LogP contribution in [0.15, 0.2) is 42.6 Å². The van der Waals surface area contributed by atoms with E-state index in [0.29, 0.717) is 11.3 Å². The summed E-state index contributed by atoms with van der Waals surface area (Å²) in [6.07, 6.45) is 1.53. The summed E-state index contributed by atoms with van der Waals surface area (Å²) in [5.74, 6) is -1.11. The molecule has 2 rings (SSSR count). The molecule has 1 heterocycles. The zero-order valence-corrected chi connectivity index (χ0v) is 12.1. The molecule has 0 unspecified atom stereocenters. The summed E-state index contributed by atoms with van der Waals surface area (Å²) in [4.78, 5) is 27.4. The van der Waals surface area contributed by atoms with Gasteiger partial charge in [0.15, 0.2) is 0 Å². The lowest BCUT2D eigenvalue weighted by molar-refractivity contribution is 0.0925. The van der Waals surface area contributed by atoms with Gasteiger partial charge in [-0.05, 0) is 36.8 Å². The van der Waals surface area contributed by atoms with Crippen LogP contribution in [0.1, 0.15) is 26.4 Å². The van der Waals surface area contributed by atoms with Crippen molar-refractivity contribution >= 4 is 11.8 Å². The molecule has 0 spiro atoms. The van der Waals surface area contributed by atoms with Crippen LogP contribution in [0.3, 0.4) is 0 Å². The Kier molecular flexibility index (Phi) is 5.19. The van der Waals surface area contributed by atoms with Crippen molar-refractivity contribution in [1.29, 1.82) is 0 Å². The molecule has 0 saturated carbocycles. The molecular formula is C16H16FN3O2. The summed E-state index contributed by atoms with van der Waals surface area (Å²) < 4.78 is 13.4. The molecule has 1 aromatic heterocycles. The third-order valence-corrected chi connectivity index (χ3v) is 3.03. The van der Waals surface area contributed by atoms with Crippen molar-refractivity contribution in [2.75, 3.05) is 13.1 Å². The van der Waals surface area contributed by atoms with Crippen LogP contribution in [0, 0.1) is 12.7 Å². The van der Waals surface area contributed by atoms with Gasteiger partial charge in [-0.2, -0.15) is 0 Å². The molecule has 22 heavy (non-hydrogen) atoms. The second-order valence-corrected chi connectivity index (χ2v) is 4.69. The molecular weight excluding hydrogens is 285 g/mol. The zero-order chi connectivity index (χ0) is 15.9. The molecule has 6 heteroatoms. The monoisotopic (exact) mass is 301 g/mol. The SMILES string of the molecule is Cc1ccc(C(=O)NCCNC(=O)c2ccccn2)cc1F. The average molecular weight is 301 g/mol. The highest BCUT2D eigenvalue weighted by Gasteiger charge is 2.08. The van der Waals surface area contributed by atoms with Crippen LogP contribution < -0.4 is 10.6 Å². The molecule has 5 nitrogen and oxygen atoms in total. The molecule has 1 aromatic carbocycles. The first kappa shape index (κ1) is 15.6. The number of carbonyl (C=O) groups excluding carboxylic acids is 2. The quantitative estimate of drug-likeness (QED) is 0.826. The van der Waals surface area contributed by atoms with Gasteiger partial charge < -0.3 is 10.6 Å². The second kappa shape index (κ2) is 7.31. The fourth-order valence-corrected chi connectivity index (χ4v) is 1.78. The highest BCUT2D eigenvalue weighted by atomic mass is 19.1. The van der Waals surface area contributed by atoms with E-state index in [0.717, 1.165) is 0 Å². The minimum absolute atomic E-state index is 0.243. The van der Waals surface area contributed by atoms with E-state index < -0.39 is 5.82 Å². The number of aromatic nitrogens is 1. The summed E-state index contributed by atoms with van der Waals surface area (Å²) in [6, 6.07) is 9.33. The maximum Gasteiger partial charge on any atom is 0.269 e. The van der Waals surface area contributed by atoms with E-state index in [1.54, 1.807) is 37.3 Å². The number of nitrogens with zero attached hydrogens (tertiary/aromatic N) is 1. The van der Waals surface area contributed by atoms with E-state index in [-0.39, 0.29) is 30.5 Å². The molecule has 0 radical (unpaired) electrons. The summed E-state index contributed by atoms with van der Waals surface area (Å²) in [5, 5.41) is 5.25. The summed E-state index contributed by atoms with van der Waals surface area (Å²) in [7, 11) is 0. The molecule has 0 bridgehead atoms. The van der Waals surface area contributed by atoms with Crippen molar-refractivity contribution in [3.63, 3.8) is 0 Å². The van der Waals surface area contributed by atoms with Crippen LogP contribution in [-0.2, 0) is 0 Å². The Balaban J connectivity index is 1.78. The van der Waals surface area contributed by atoms with E-state index in [2.05, 4.69) is 15.6 Å². The molecule has 2 aromatic rings. The highest BCUT2D eigenvalue weighted by Crippen LogP contribution is 2.08. The maximum atomic E-state index is 13.4. The molecule has 2 N–H and O–H groups in total. The normalized spacial score (nSPS) is 10.1. The van der Waals surface area contributed by atoms with Gasteiger partial charge in [-0.1, -0.05) is 12.1 Å². The standard InChI is InChI=1S/C16H16FN3O2/c1-11-5-6-12(10-13(11)17)15(21)19-8-9-20-16(22)14-4-2-3-7-18-14/h2-7,10H,8-9H2,1H3,(H,19,21)(H,20,22). The average Bonchev–Trinajstić information content (AvgIpc) is 2.54. The molecule has 0 aliphatic rings. The van der Waals surface area contributed by atoms with Gasteiger partial charge in [-0.25, -0.2) is 4.39 Å². The number of benzene rings is 1. The Bertz CT molecular complexity index is 674. The number of halogens is 1. The fourth-order valence-electron chi connectivity index (χ4n) is 1.78. The minimum atomic E-state index is -0.420. The van der Waals surface area contributed by atoms with Crippen molar-refractivity contribution in [3.8, 4) is 0 Å². The van der Waals surface area contributed by atoms with Crippen molar-refractivity contribution in [1.82, 2.24) is 15.6 Å². The fraction of sp³-hybridized carbons (Fsp3) is 0.188. The van der Waals surface area contributed by atoms with Crippen LogP contribution >= 0.6 is 0 Å². The van der Waals surface area contributed by atoms with E-state index in [1.807, 2.05) is 0 Å². The largest absolute Gasteiger partial charge is 0.350 e. The molecule has 0 aliphatic carbocycles. The topological polar surface area (TPSA) is 71.1 Å². The van der Waals surface area contributed by atoms with Gasteiger partial charge in [-0.15, -0.1) is 0 Å². The van der Waals surface area contributed by atoms with Gasteiger partial charge in [-0.3, -0.25) is 14.6 Å². The van der Waals surface area contributed by atoms with E-state index in [4.69, 9.17) is 0 Å². The first-order valence-corrected chi connectivity index (χ1v) is 6.81. The first-order valence-electron chi connectivity index (χ1n) is 6.81. The predicted molar refractivity (Wildman–Crippen MR) is 80.0 cm³/mol. The Morgan fingerprint density at radius 1 is 1.09 bits per heavy atom. The van der Waals surface area contributed by atoms with Gasteiger partial charge in [0.2, 0.25) is 0 Å². The number of rotatable bonds is 5. The molecule has 0 atom stereocenters. The van der Waals surface area contributed by atoms with Crippen molar-refractivity contribution in [2.24, 2.45) is 0 Å². The van der Waals surface area contributed by atoms with Gasteiger partial charge >= 0.3 is 0 Å². The lowest BCUT2D eigenvalue weighted by Gasteiger charge is -2.07. The van der Waals surface area contributed by atoms with Crippen LogP contribution in [0.2, 0.25) is 0 Å². The van der Waals surface area contributed by atoms with Crippen molar-refractivity contribution in [2.45, 2.75) is 6.92 Å². The third kappa shape index (κ3) is 4.12. The Labute approximate surface area is 127 Å². The molecule has 0 saturated heterocycles. The first-order chi connectivity index (χ1) is 10.6. The van der Waals surface area contributed by atoms with Crippen molar-refractivity contribution in [3.05, 3.63) is 65.2 Å². The zero-order valence-electron chi connectivity index (χ0n) is 12.1. The summed E-state index contributed by atoms with van der Waals surface area (Å²) in [6.45, 7) is 2.13. The van der Waals surface area contributed by atoms with Crippen LogP contribution in [0.25, 0.3) is 0 Å². The highest BCUT2D eigenvalue weighted by molar-refractivity contribution is 5.94. The Morgan fingerprint density at radius 3 is 2.45 bits per heavy atom. The van der Waals surface area contributed by atoms with Gasteiger partial charge in [0.05, 0.1) is 0 Å². The Hall–Kier alpha value is -2.76. The van der Waals surface area contributed by atoms with E-state index >= 15 is 0 Å². The van der Waals surface area contributed by atoms with E-state index in [9.17, 15) is 14.0 Å².